The van der Waals surface area contributed by atoms with Gasteiger partial charge in [0.2, 0.25) is 0 Å². The molecule has 4 rings (SSSR count). The summed E-state index contributed by atoms with van der Waals surface area (Å²) in [6, 6.07) is 5.01. The normalized spacial score (nSPS) is 29.1. The third-order valence-corrected chi connectivity index (χ3v) is 4.77. The van der Waals surface area contributed by atoms with E-state index in [9.17, 15) is 4.79 Å². The molecule has 0 spiro atoms. The zero-order chi connectivity index (χ0) is 13.7. The van der Waals surface area contributed by atoms with Crippen molar-refractivity contribution in [1.29, 1.82) is 0 Å². The van der Waals surface area contributed by atoms with Gasteiger partial charge in [-0.25, -0.2) is 4.98 Å². The molecule has 2 saturated heterocycles. The van der Waals surface area contributed by atoms with Crippen molar-refractivity contribution in [2.45, 2.75) is 37.4 Å². The molecule has 1 N–H and O–H groups in total. The van der Waals surface area contributed by atoms with Gasteiger partial charge in [0.15, 0.2) is 5.58 Å². The highest BCUT2D eigenvalue weighted by atomic mass is 16.3. The molecular weight excluding hydrogens is 254 g/mol. The highest BCUT2D eigenvalue weighted by Gasteiger charge is 2.44. The molecule has 3 atom stereocenters. The van der Waals surface area contributed by atoms with Crippen LogP contribution in [0.15, 0.2) is 29.0 Å². The molecule has 5 nitrogen and oxygen atoms in total. The number of pyridine rings is 1. The van der Waals surface area contributed by atoms with Crippen LogP contribution in [0.5, 0.6) is 0 Å². The Morgan fingerprint density at radius 2 is 2.40 bits per heavy atom. The van der Waals surface area contributed by atoms with Crippen molar-refractivity contribution in [1.82, 2.24) is 15.2 Å². The lowest BCUT2D eigenvalue weighted by atomic mass is 9.95. The number of likely N-dealkylation sites (N-methyl/N-ethyl adjacent to an activating group) is 1. The number of furan rings is 1. The van der Waals surface area contributed by atoms with E-state index in [2.05, 4.69) is 22.2 Å². The summed E-state index contributed by atoms with van der Waals surface area (Å²) in [5.74, 6) is -0.0842. The van der Waals surface area contributed by atoms with Crippen molar-refractivity contribution < 1.29 is 9.21 Å². The lowest BCUT2D eigenvalue weighted by Gasteiger charge is -2.22. The third kappa shape index (κ3) is 1.73. The fraction of sp³-hybridized carbons (Fsp3) is 0.467. The quantitative estimate of drug-likeness (QED) is 0.904. The Kier molecular flexibility index (Phi) is 2.57. The fourth-order valence-electron chi connectivity index (χ4n) is 3.65. The standard InChI is InChI=1S/C15H17N3O2/c1-18-10-2-3-13(18)11(7-10)17-15(19)12-6-9-4-5-20-14(9)8-16-12/h4-6,8,10-11,13H,2-3,7H2,1H3,(H,17,19). The Morgan fingerprint density at radius 3 is 3.15 bits per heavy atom. The van der Waals surface area contributed by atoms with E-state index in [1.807, 2.05) is 6.07 Å². The Balaban J connectivity index is 1.53. The molecule has 5 heteroatoms. The van der Waals surface area contributed by atoms with E-state index >= 15 is 0 Å². The first-order chi connectivity index (χ1) is 9.72. The Morgan fingerprint density at radius 1 is 1.50 bits per heavy atom. The molecule has 0 radical (unpaired) electrons. The van der Waals surface area contributed by atoms with Crippen molar-refractivity contribution in [3.05, 3.63) is 30.3 Å². The maximum absolute atomic E-state index is 12.3. The topological polar surface area (TPSA) is 58.4 Å². The van der Waals surface area contributed by atoms with Crippen LogP contribution in [-0.2, 0) is 0 Å². The summed E-state index contributed by atoms with van der Waals surface area (Å²) in [6.45, 7) is 0. The predicted molar refractivity (Wildman–Crippen MR) is 74.5 cm³/mol. The maximum atomic E-state index is 12.3. The number of hydrogen-bond acceptors (Lipinski definition) is 4. The number of nitrogens with one attached hydrogen (secondary N) is 1. The molecule has 104 valence electrons. The second kappa shape index (κ2) is 4.31. The second-order valence-corrected chi connectivity index (χ2v) is 5.81. The molecule has 2 aliphatic rings. The van der Waals surface area contributed by atoms with Crippen LogP contribution in [-0.4, -0.2) is 41.0 Å². The summed E-state index contributed by atoms with van der Waals surface area (Å²) in [5, 5.41) is 4.05. The molecular formula is C15H17N3O2. The fourth-order valence-corrected chi connectivity index (χ4v) is 3.65. The van der Waals surface area contributed by atoms with Gasteiger partial charge in [-0.15, -0.1) is 0 Å². The summed E-state index contributed by atoms with van der Waals surface area (Å²) in [6.07, 6.45) is 6.71. The van der Waals surface area contributed by atoms with Gasteiger partial charge in [0.05, 0.1) is 12.5 Å². The van der Waals surface area contributed by atoms with Crippen LogP contribution >= 0.6 is 0 Å². The number of carbonyl (C=O) groups excluding carboxylic acids is 1. The van der Waals surface area contributed by atoms with Crippen molar-refractivity contribution in [2.75, 3.05) is 7.05 Å². The number of rotatable bonds is 2. The Labute approximate surface area is 117 Å². The zero-order valence-electron chi connectivity index (χ0n) is 11.4. The molecule has 2 aromatic rings. The summed E-state index contributed by atoms with van der Waals surface area (Å²) in [7, 11) is 2.16. The molecule has 2 aliphatic heterocycles. The zero-order valence-corrected chi connectivity index (χ0v) is 11.4. The van der Waals surface area contributed by atoms with Crippen LogP contribution < -0.4 is 5.32 Å². The first kappa shape index (κ1) is 11.9. The highest BCUT2D eigenvalue weighted by molar-refractivity contribution is 5.95. The Hall–Kier alpha value is -1.88. The van der Waals surface area contributed by atoms with E-state index in [-0.39, 0.29) is 11.9 Å². The average molecular weight is 271 g/mol. The van der Waals surface area contributed by atoms with Gasteiger partial charge >= 0.3 is 0 Å². The van der Waals surface area contributed by atoms with Crippen LogP contribution in [0.2, 0.25) is 0 Å². The lowest BCUT2D eigenvalue weighted by Crippen LogP contribution is -2.43. The molecule has 2 aromatic heterocycles. The van der Waals surface area contributed by atoms with E-state index in [1.165, 1.54) is 12.8 Å². The number of nitrogens with zero attached hydrogens (tertiary/aromatic N) is 2. The van der Waals surface area contributed by atoms with Gasteiger partial charge in [0, 0.05) is 23.5 Å². The molecule has 2 bridgehead atoms. The van der Waals surface area contributed by atoms with Gasteiger partial charge in [-0.1, -0.05) is 0 Å². The summed E-state index contributed by atoms with van der Waals surface area (Å²) in [5.41, 5.74) is 1.17. The van der Waals surface area contributed by atoms with Crippen LogP contribution in [0.3, 0.4) is 0 Å². The van der Waals surface area contributed by atoms with Gasteiger partial charge in [-0.3, -0.25) is 9.69 Å². The number of aromatic nitrogens is 1. The van der Waals surface area contributed by atoms with Gasteiger partial charge in [-0.2, -0.15) is 0 Å². The van der Waals surface area contributed by atoms with Crippen molar-refractivity contribution >= 4 is 16.9 Å². The minimum atomic E-state index is -0.0842. The van der Waals surface area contributed by atoms with Crippen LogP contribution in [0, 0.1) is 0 Å². The number of fused-ring (bicyclic) bond motifs is 3. The molecule has 1 amide bonds. The van der Waals surface area contributed by atoms with Crippen molar-refractivity contribution in [3.63, 3.8) is 0 Å². The third-order valence-electron chi connectivity index (χ3n) is 4.77. The van der Waals surface area contributed by atoms with Crippen LogP contribution in [0.25, 0.3) is 11.0 Å². The molecule has 4 heterocycles. The van der Waals surface area contributed by atoms with E-state index in [0.29, 0.717) is 23.4 Å². The van der Waals surface area contributed by atoms with E-state index < -0.39 is 0 Å². The van der Waals surface area contributed by atoms with Gasteiger partial charge in [0.1, 0.15) is 5.69 Å². The summed E-state index contributed by atoms with van der Waals surface area (Å²) < 4.78 is 5.24. The van der Waals surface area contributed by atoms with Crippen molar-refractivity contribution in [3.8, 4) is 0 Å². The van der Waals surface area contributed by atoms with E-state index in [1.54, 1.807) is 18.5 Å². The van der Waals surface area contributed by atoms with E-state index in [0.717, 1.165) is 11.8 Å². The summed E-state index contributed by atoms with van der Waals surface area (Å²) in [4.78, 5) is 18.9. The van der Waals surface area contributed by atoms with Crippen LogP contribution in [0.4, 0.5) is 0 Å². The molecule has 3 unspecified atom stereocenters. The molecule has 20 heavy (non-hydrogen) atoms. The summed E-state index contributed by atoms with van der Waals surface area (Å²) >= 11 is 0. The first-order valence-corrected chi connectivity index (χ1v) is 7.08. The van der Waals surface area contributed by atoms with Crippen molar-refractivity contribution in [2.24, 2.45) is 0 Å². The monoisotopic (exact) mass is 271 g/mol. The van der Waals surface area contributed by atoms with Crippen LogP contribution in [0.1, 0.15) is 29.8 Å². The van der Waals surface area contributed by atoms with Gasteiger partial charge in [0.25, 0.3) is 5.91 Å². The highest BCUT2D eigenvalue weighted by Crippen LogP contribution is 2.36. The SMILES string of the molecule is CN1C2CCC1C(NC(=O)c1cc3ccoc3cn1)C2. The molecule has 0 aliphatic carbocycles. The molecule has 0 saturated carbocycles. The number of hydrogen-bond donors (Lipinski definition) is 1. The average Bonchev–Trinajstić information content (AvgIpc) is 3.13. The van der Waals surface area contributed by atoms with Gasteiger partial charge < -0.3 is 9.73 Å². The smallest absolute Gasteiger partial charge is 0.270 e. The predicted octanol–water partition coefficient (Wildman–Crippen LogP) is 1.79. The minimum Gasteiger partial charge on any atom is -0.463 e. The maximum Gasteiger partial charge on any atom is 0.270 e. The largest absolute Gasteiger partial charge is 0.463 e. The van der Waals surface area contributed by atoms with Gasteiger partial charge in [-0.05, 0) is 38.4 Å². The number of carbonyl (C=O) groups is 1. The molecule has 2 fully saturated rings. The number of amides is 1. The first-order valence-electron chi connectivity index (χ1n) is 7.08. The minimum absolute atomic E-state index is 0.0842. The molecule has 0 aromatic carbocycles. The Bertz CT molecular complexity index is 666. The van der Waals surface area contributed by atoms with E-state index in [4.69, 9.17) is 4.42 Å². The lowest BCUT2D eigenvalue weighted by molar-refractivity contribution is 0.0922. The second-order valence-electron chi connectivity index (χ2n) is 5.81.